The number of ether oxygens (including phenoxy) is 1. The second kappa shape index (κ2) is 9.54. The fraction of sp³-hybridized carbons (Fsp3) is 0.364. The minimum Gasteiger partial charge on any atom is -0.437 e. The lowest BCUT2D eigenvalue weighted by molar-refractivity contribution is -0.117. The van der Waals surface area contributed by atoms with Crippen molar-refractivity contribution in [1.82, 2.24) is 4.98 Å². The molecule has 1 aromatic heterocycles. The highest BCUT2D eigenvalue weighted by Crippen LogP contribution is 2.30. The van der Waals surface area contributed by atoms with E-state index in [1.54, 1.807) is 13.1 Å². The van der Waals surface area contributed by atoms with Crippen LogP contribution < -0.4 is 4.74 Å². The standard InChI is InChI=1S/C22H26ClNO2/c1-15(2)11-19-7-9-21(20(23)13-19)26-22-10-8-18(14-24-22)6-5-16(3)12-17(4)25/h5-10,13-16H,11-12H2,1-4H3/b6-5+/t16-/m0/s1. The van der Waals surface area contributed by atoms with E-state index in [0.717, 1.165) is 12.0 Å². The summed E-state index contributed by atoms with van der Waals surface area (Å²) in [7, 11) is 0. The van der Waals surface area contributed by atoms with E-state index >= 15 is 0 Å². The summed E-state index contributed by atoms with van der Waals surface area (Å²) in [5, 5.41) is 0.590. The molecule has 1 aromatic carbocycles. The fourth-order valence-corrected chi connectivity index (χ4v) is 2.93. The number of benzene rings is 1. The minimum absolute atomic E-state index is 0.195. The second-order valence-corrected chi connectivity index (χ2v) is 7.54. The fourth-order valence-electron chi connectivity index (χ4n) is 2.69. The number of hydrogen-bond donors (Lipinski definition) is 0. The SMILES string of the molecule is CC(=O)C[C@@H](C)/C=C/c1ccc(Oc2ccc(CC(C)C)cc2Cl)nc1. The van der Waals surface area contributed by atoms with Crippen molar-refractivity contribution in [2.75, 3.05) is 0 Å². The molecule has 0 saturated carbocycles. The molecule has 2 rings (SSSR count). The van der Waals surface area contributed by atoms with Crippen molar-refractivity contribution in [3.63, 3.8) is 0 Å². The zero-order valence-electron chi connectivity index (χ0n) is 15.8. The summed E-state index contributed by atoms with van der Waals surface area (Å²) in [6.45, 7) is 7.99. The van der Waals surface area contributed by atoms with Gasteiger partial charge in [-0.15, -0.1) is 0 Å². The van der Waals surface area contributed by atoms with Crippen molar-refractivity contribution >= 4 is 23.5 Å². The Morgan fingerprint density at radius 2 is 2.00 bits per heavy atom. The van der Waals surface area contributed by atoms with Crippen LogP contribution in [0.25, 0.3) is 6.08 Å². The third-order valence-corrected chi connectivity index (χ3v) is 4.14. The van der Waals surface area contributed by atoms with E-state index in [2.05, 4.69) is 18.8 Å². The molecular weight excluding hydrogens is 346 g/mol. The molecule has 138 valence electrons. The maximum absolute atomic E-state index is 11.1. The molecule has 4 heteroatoms. The first-order valence-corrected chi connectivity index (χ1v) is 9.31. The van der Waals surface area contributed by atoms with Gasteiger partial charge in [0, 0.05) is 18.7 Å². The lowest BCUT2D eigenvalue weighted by atomic mass is 10.0. The lowest BCUT2D eigenvalue weighted by Gasteiger charge is -2.10. The number of pyridine rings is 1. The highest BCUT2D eigenvalue weighted by Gasteiger charge is 2.07. The molecule has 2 aromatic rings. The molecule has 0 fully saturated rings. The van der Waals surface area contributed by atoms with Gasteiger partial charge in [0.1, 0.15) is 11.5 Å². The van der Waals surface area contributed by atoms with Gasteiger partial charge in [0.05, 0.1) is 5.02 Å². The number of allylic oxidation sites excluding steroid dienone is 1. The molecule has 0 N–H and O–H groups in total. The quantitative estimate of drug-likeness (QED) is 0.542. The molecule has 26 heavy (non-hydrogen) atoms. The van der Waals surface area contributed by atoms with Crippen LogP contribution in [0, 0.1) is 11.8 Å². The van der Waals surface area contributed by atoms with E-state index in [1.807, 2.05) is 49.4 Å². The molecule has 0 aliphatic heterocycles. The summed E-state index contributed by atoms with van der Waals surface area (Å²) < 4.78 is 5.79. The van der Waals surface area contributed by atoms with Crippen molar-refractivity contribution in [1.29, 1.82) is 0 Å². The topological polar surface area (TPSA) is 39.2 Å². The zero-order valence-corrected chi connectivity index (χ0v) is 16.6. The average molecular weight is 372 g/mol. The van der Waals surface area contributed by atoms with Crippen LogP contribution in [-0.4, -0.2) is 10.8 Å². The van der Waals surface area contributed by atoms with Gasteiger partial charge in [-0.2, -0.15) is 0 Å². The Labute approximate surface area is 161 Å². The van der Waals surface area contributed by atoms with E-state index in [-0.39, 0.29) is 11.7 Å². The summed E-state index contributed by atoms with van der Waals surface area (Å²) in [5.41, 5.74) is 2.16. The number of nitrogens with zero attached hydrogens (tertiary/aromatic N) is 1. The summed E-state index contributed by atoms with van der Waals surface area (Å²) in [6.07, 6.45) is 7.27. The number of Topliss-reactive ketones (excluding diaryl/α,β-unsaturated/α-hetero) is 1. The van der Waals surface area contributed by atoms with Gasteiger partial charge < -0.3 is 9.53 Å². The number of aromatic nitrogens is 1. The van der Waals surface area contributed by atoms with Crippen LogP contribution >= 0.6 is 11.6 Å². The Morgan fingerprint density at radius 3 is 2.58 bits per heavy atom. The van der Waals surface area contributed by atoms with Crippen LogP contribution in [0.1, 0.15) is 45.2 Å². The number of ketones is 1. The normalized spacial score (nSPS) is 12.5. The molecule has 0 bridgehead atoms. The highest BCUT2D eigenvalue weighted by atomic mass is 35.5. The minimum atomic E-state index is 0.195. The zero-order chi connectivity index (χ0) is 19.1. The van der Waals surface area contributed by atoms with Gasteiger partial charge in [-0.3, -0.25) is 0 Å². The predicted octanol–water partition coefficient (Wildman–Crippen LogP) is 6.35. The third-order valence-electron chi connectivity index (χ3n) is 3.84. The maximum atomic E-state index is 11.1. The Morgan fingerprint density at radius 1 is 1.23 bits per heavy atom. The molecule has 3 nitrogen and oxygen atoms in total. The van der Waals surface area contributed by atoms with Crippen molar-refractivity contribution < 1.29 is 9.53 Å². The van der Waals surface area contributed by atoms with E-state index < -0.39 is 0 Å². The Bertz CT molecular complexity index is 766. The predicted molar refractivity (Wildman–Crippen MR) is 108 cm³/mol. The van der Waals surface area contributed by atoms with Crippen molar-refractivity contribution in [2.24, 2.45) is 11.8 Å². The Kier molecular flexibility index (Phi) is 7.40. The van der Waals surface area contributed by atoms with Gasteiger partial charge in [-0.05, 0) is 54.5 Å². The highest BCUT2D eigenvalue weighted by molar-refractivity contribution is 6.32. The maximum Gasteiger partial charge on any atom is 0.219 e. The summed E-state index contributed by atoms with van der Waals surface area (Å²) in [5.74, 6) is 2.09. The van der Waals surface area contributed by atoms with Crippen LogP contribution in [0.2, 0.25) is 5.02 Å². The van der Waals surface area contributed by atoms with Gasteiger partial charge in [0.15, 0.2) is 0 Å². The van der Waals surface area contributed by atoms with Crippen LogP contribution in [0.3, 0.4) is 0 Å². The van der Waals surface area contributed by atoms with Crippen molar-refractivity contribution in [3.8, 4) is 11.6 Å². The summed E-state index contributed by atoms with van der Waals surface area (Å²) in [6, 6.07) is 9.62. The molecule has 0 spiro atoms. The molecule has 1 atom stereocenters. The van der Waals surface area contributed by atoms with Gasteiger partial charge in [-0.1, -0.05) is 50.6 Å². The second-order valence-electron chi connectivity index (χ2n) is 7.14. The molecule has 0 radical (unpaired) electrons. The summed E-state index contributed by atoms with van der Waals surface area (Å²) in [4.78, 5) is 15.4. The number of carbonyl (C=O) groups excluding carboxylic acids is 1. The first-order chi connectivity index (χ1) is 12.3. The van der Waals surface area contributed by atoms with Gasteiger partial charge in [0.2, 0.25) is 5.88 Å². The van der Waals surface area contributed by atoms with Crippen molar-refractivity contribution in [3.05, 3.63) is 58.8 Å². The molecule has 1 heterocycles. The van der Waals surface area contributed by atoms with Crippen LogP contribution in [-0.2, 0) is 11.2 Å². The third kappa shape index (κ3) is 6.64. The van der Waals surface area contributed by atoms with Gasteiger partial charge in [-0.25, -0.2) is 4.98 Å². The summed E-state index contributed by atoms with van der Waals surface area (Å²) >= 11 is 6.33. The molecule has 0 amide bonds. The number of hydrogen-bond acceptors (Lipinski definition) is 3. The number of rotatable bonds is 8. The van der Waals surface area contributed by atoms with E-state index in [0.29, 0.717) is 29.0 Å². The Hall–Kier alpha value is -2.13. The number of carbonyl (C=O) groups is 1. The number of halogens is 1. The molecule has 0 aliphatic carbocycles. The Balaban J connectivity index is 2.01. The van der Waals surface area contributed by atoms with Gasteiger partial charge in [0.25, 0.3) is 0 Å². The van der Waals surface area contributed by atoms with E-state index in [1.165, 1.54) is 5.56 Å². The van der Waals surface area contributed by atoms with Crippen LogP contribution in [0.4, 0.5) is 0 Å². The van der Waals surface area contributed by atoms with E-state index in [4.69, 9.17) is 16.3 Å². The first kappa shape index (κ1) is 20.2. The lowest BCUT2D eigenvalue weighted by Crippen LogP contribution is -1.97. The molecular formula is C22H26ClNO2. The first-order valence-electron chi connectivity index (χ1n) is 8.93. The average Bonchev–Trinajstić information content (AvgIpc) is 2.55. The monoisotopic (exact) mass is 371 g/mol. The largest absolute Gasteiger partial charge is 0.437 e. The van der Waals surface area contributed by atoms with Crippen LogP contribution in [0.15, 0.2) is 42.6 Å². The van der Waals surface area contributed by atoms with E-state index in [9.17, 15) is 4.79 Å². The van der Waals surface area contributed by atoms with Crippen LogP contribution in [0.5, 0.6) is 11.6 Å². The van der Waals surface area contributed by atoms with Gasteiger partial charge >= 0.3 is 0 Å². The molecule has 0 aliphatic rings. The molecule has 0 unspecified atom stereocenters. The smallest absolute Gasteiger partial charge is 0.219 e. The van der Waals surface area contributed by atoms with Crippen molar-refractivity contribution in [2.45, 2.75) is 40.5 Å². The molecule has 0 saturated heterocycles.